The van der Waals surface area contributed by atoms with E-state index in [-0.39, 0.29) is 11.3 Å². The van der Waals surface area contributed by atoms with Crippen LogP contribution in [0.1, 0.15) is 37.3 Å². The minimum absolute atomic E-state index is 0.138. The molecule has 1 aliphatic rings. The van der Waals surface area contributed by atoms with Gasteiger partial charge < -0.3 is 5.32 Å². The summed E-state index contributed by atoms with van der Waals surface area (Å²) in [6.07, 6.45) is 3.00. The number of anilines is 1. The van der Waals surface area contributed by atoms with Gasteiger partial charge in [-0.3, -0.25) is 4.79 Å². The van der Waals surface area contributed by atoms with Crippen LogP contribution >= 0.6 is 15.9 Å². The monoisotopic (exact) mass is 295 g/mol. The number of nitrogens with one attached hydrogen (secondary N) is 1. The Bertz CT molecular complexity index is 440. The number of hydrogen-bond donors (Lipinski definition) is 1. The second-order valence-electron chi connectivity index (χ2n) is 5.45. The molecular weight excluding hydrogens is 278 g/mol. The van der Waals surface area contributed by atoms with E-state index >= 15 is 0 Å². The number of amides is 1. The summed E-state index contributed by atoms with van der Waals surface area (Å²) in [6, 6.07) is 4.06. The van der Waals surface area contributed by atoms with Gasteiger partial charge >= 0.3 is 0 Å². The minimum Gasteiger partial charge on any atom is -0.326 e. The summed E-state index contributed by atoms with van der Waals surface area (Å²) < 4.78 is 1.06. The first-order valence-electron chi connectivity index (χ1n) is 5.96. The molecule has 92 valence electrons. The zero-order valence-corrected chi connectivity index (χ0v) is 12.1. The summed E-state index contributed by atoms with van der Waals surface area (Å²) in [7, 11) is 0. The van der Waals surface area contributed by atoms with Crippen LogP contribution in [-0.2, 0) is 4.79 Å². The highest BCUT2D eigenvalue weighted by atomic mass is 79.9. The van der Waals surface area contributed by atoms with Crippen LogP contribution in [0.4, 0.5) is 5.69 Å². The highest BCUT2D eigenvalue weighted by Gasteiger charge is 2.39. The quantitative estimate of drug-likeness (QED) is 0.890. The molecule has 0 unspecified atom stereocenters. The summed E-state index contributed by atoms with van der Waals surface area (Å²) in [4.78, 5) is 11.9. The molecule has 0 spiro atoms. The van der Waals surface area contributed by atoms with E-state index in [0.29, 0.717) is 6.42 Å². The zero-order chi connectivity index (χ0) is 12.6. The van der Waals surface area contributed by atoms with Crippen LogP contribution in [-0.4, -0.2) is 5.91 Å². The van der Waals surface area contributed by atoms with Gasteiger partial charge in [0.1, 0.15) is 0 Å². The van der Waals surface area contributed by atoms with E-state index in [2.05, 4.69) is 28.2 Å². The lowest BCUT2D eigenvalue weighted by Gasteiger charge is -2.14. The normalized spacial score (nSPS) is 16.7. The van der Waals surface area contributed by atoms with E-state index in [1.54, 1.807) is 0 Å². The van der Waals surface area contributed by atoms with Crippen molar-refractivity contribution in [2.75, 3.05) is 5.32 Å². The van der Waals surface area contributed by atoms with Crippen LogP contribution in [0.5, 0.6) is 0 Å². The Balaban J connectivity index is 2.10. The fraction of sp³-hybridized carbons (Fsp3) is 0.500. The van der Waals surface area contributed by atoms with E-state index in [4.69, 9.17) is 0 Å². The van der Waals surface area contributed by atoms with Gasteiger partial charge in [-0.05, 0) is 55.4 Å². The van der Waals surface area contributed by atoms with E-state index in [1.807, 2.05) is 26.0 Å². The Hall–Kier alpha value is -0.830. The van der Waals surface area contributed by atoms with Crippen LogP contribution in [0, 0.1) is 19.3 Å². The van der Waals surface area contributed by atoms with Crippen molar-refractivity contribution >= 4 is 27.5 Å². The largest absolute Gasteiger partial charge is 0.326 e. The van der Waals surface area contributed by atoms with E-state index in [1.165, 1.54) is 12.8 Å². The van der Waals surface area contributed by atoms with Gasteiger partial charge in [-0.2, -0.15) is 0 Å². The Labute approximate surface area is 111 Å². The summed E-state index contributed by atoms with van der Waals surface area (Å²) in [5.74, 6) is 0.138. The van der Waals surface area contributed by atoms with Crippen molar-refractivity contribution in [1.82, 2.24) is 0 Å². The lowest BCUT2D eigenvalue weighted by atomic mass is 10.0. The van der Waals surface area contributed by atoms with Gasteiger partial charge in [0.2, 0.25) is 5.91 Å². The van der Waals surface area contributed by atoms with Crippen molar-refractivity contribution in [3.63, 3.8) is 0 Å². The molecule has 0 saturated heterocycles. The molecule has 1 amide bonds. The van der Waals surface area contributed by atoms with Crippen LogP contribution in [0.3, 0.4) is 0 Å². The van der Waals surface area contributed by atoms with Gasteiger partial charge in [0, 0.05) is 16.6 Å². The van der Waals surface area contributed by atoms with Crippen LogP contribution < -0.4 is 5.32 Å². The van der Waals surface area contributed by atoms with Gasteiger partial charge in [0.05, 0.1) is 0 Å². The van der Waals surface area contributed by atoms with Crippen LogP contribution in [0.25, 0.3) is 0 Å². The first-order valence-corrected chi connectivity index (χ1v) is 6.76. The van der Waals surface area contributed by atoms with Crippen molar-refractivity contribution < 1.29 is 4.79 Å². The second kappa shape index (κ2) is 4.45. The molecule has 0 bridgehead atoms. The molecular formula is C14H18BrNO. The van der Waals surface area contributed by atoms with Gasteiger partial charge in [-0.25, -0.2) is 0 Å². The smallest absolute Gasteiger partial charge is 0.224 e. The Morgan fingerprint density at radius 2 is 1.88 bits per heavy atom. The Kier molecular flexibility index (Phi) is 3.30. The molecule has 2 rings (SSSR count). The minimum atomic E-state index is 0.138. The van der Waals surface area contributed by atoms with E-state index in [9.17, 15) is 4.79 Å². The summed E-state index contributed by atoms with van der Waals surface area (Å²) in [6.45, 7) is 6.21. The fourth-order valence-corrected chi connectivity index (χ4v) is 2.76. The molecule has 0 aromatic heterocycles. The Morgan fingerprint density at radius 1 is 1.35 bits per heavy atom. The van der Waals surface area contributed by atoms with Gasteiger partial charge in [0.25, 0.3) is 0 Å². The molecule has 3 heteroatoms. The maximum atomic E-state index is 11.9. The third-order valence-electron chi connectivity index (χ3n) is 3.45. The number of rotatable bonds is 3. The molecule has 17 heavy (non-hydrogen) atoms. The third kappa shape index (κ3) is 3.09. The second-order valence-corrected chi connectivity index (χ2v) is 6.37. The van der Waals surface area contributed by atoms with Gasteiger partial charge in [-0.1, -0.05) is 22.9 Å². The van der Waals surface area contributed by atoms with Crippen molar-refractivity contribution in [1.29, 1.82) is 0 Å². The topological polar surface area (TPSA) is 29.1 Å². The first kappa shape index (κ1) is 12.6. The maximum absolute atomic E-state index is 11.9. The van der Waals surface area contributed by atoms with Crippen LogP contribution in [0.2, 0.25) is 0 Å². The van der Waals surface area contributed by atoms with Crippen molar-refractivity contribution in [2.45, 2.75) is 40.0 Å². The molecule has 1 aromatic rings. The zero-order valence-electron chi connectivity index (χ0n) is 10.6. The molecule has 2 nitrogen and oxygen atoms in total. The molecule has 0 aliphatic heterocycles. The van der Waals surface area contributed by atoms with E-state index < -0.39 is 0 Å². The molecule has 1 fully saturated rings. The first-order chi connectivity index (χ1) is 7.89. The van der Waals surface area contributed by atoms with Crippen molar-refractivity contribution in [2.24, 2.45) is 5.41 Å². The maximum Gasteiger partial charge on any atom is 0.224 e. The predicted octanol–water partition coefficient (Wildman–Crippen LogP) is 4.19. The number of carbonyl (C=O) groups is 1. The molecule has 1 aromatic carbocycles. The standard InChI is InChI=1S/C14H18BrNO/c1-9-6-11(15)7-10(2)13(9)16-12(17)8-14(3)4-5-14/h6-7H,4-5,8H2,1-3H3,(H,16,17). The van der Waals surface area contributed by atoms with Crippen molar-refractivity contribution in [3.05, 3.63) is 27.7 Å². The molecule has 0 heterocycles. The average Bonchev–Trinajstić information content (AvgIpc) is 2.89. The summed E-state index contributed by atoms with van der Waals surface area (Å²) >= 11 is 3.46. The third-order valence-corrected chi connectivity index (χ3v) is 3.91. The fourth-order valence-electron chi connectivity index (χ4n) is 2.07. The van der Waals surface area contributed by atoms with E-state index in [0.717, 1.165) is 21.3 Å². The van der Waals surface area contributed by atoms with Crippen molar-refractivity contribution in [3.8, 4) is 0 Å². The lowest BCUT2D eigenvalue weighted by molar-refractivity contribution is -0.117. The summed E-state index contributed by atoms with van der Waals surface area (Å²) in [5.41, 5.74) is 3.43. The molecule has 1 N–H and O–H groups in total. The molecule has 1 aliphatic carbocycles. The molecule has 0 atom stereocenters. The van der Waals surface area contributed by atoms with Gasteiger partial charge in [0.15, 0.2) is 0 Å². The highest BCUT2D eigenvalue weighted by Crippen LogP contribution is 2.48. The SMILES string of the molecule is Cc1cc(Br)cc(C)c1NC(=O)CC1(C)CC1. The molecule has 0 radical (unpaired) electrons. The Morgan fingerprint density at radius 3 is 2.35 bits per heavy atom. The number of carbonyl (C=O) groups excluding carboxylic acids is 1. The number of aryl methyl sites for hydroxylation is 2. The van der Waals surface area contributed by atoms with Crippen LogP contribution in [0.15, 0.2) is 16.6 Å². The number of benzene rings is 1. The lowest BCUT2D eigenvalue weighted by Crippen LogP contribution is -2.17. The highest BCUT2D eigenvalue weighted by molar-refractivity contribution is 9.10. The predicted molar refractivity (Wildman–Crippen MR) is 74.2 cm³/mol. The number of hydrogen-bond acceptors (Lipinski definition) is 1. The molecule has 1 saturated carbocycles. The van der Waals surface area contributed by atoms with Gasteiger partial charge in [-0.15, -0.1) is 0 Å². The average molecular weight is 296 g/mol. The summed E-state index contributed by atoms with van der Waals surface area (Å²) in [5, 5.41) is 3.04. The number of halogens is 1.